The van der Waals surface area contributed by atoms with Gasteiger partial charge in [0.1, 0.15) is 30.0 Å². The summed E-state index contributed by atoms with van der Waals surface area (Å²) in [6.07, 6.45) is 2.41. The molecule has 3 atom stereocenters. The Morgan fingerprint density at radius 2 is 1.55 bits per heavy atom. The van der Waals surface area contributed by atoms with Crippen LogP contribution in [0.4, 0.5) is 16.2 Å². The summed E-state index contributed by atoms with van der Waals surface area (Å²) in [5.74, 6) is -0.865. The molecule has 2 saturated heterocycles. The second kappa shape index (κ2) is 22.0. The Hall–Kier alpha value is -5.68. The van der Waals surface area contributed by atoms with Gasteiger partial charge in [0.25, 0.3) is 5.91 Å². The number of carbonyl (C=O) groups excluding carboxylic acids is 5. The molecule has 2 fully saturated rings. The standard InChI is InChI=1S/C49H62N6O9S/c1-33-42(65-32-51-33)35-18-16-34(17-19-35)29-50-44(58)40-28-38(56)30-53(40)45(59)43(48(2,3)4)52-41(57)31-63-26-13-25-62-24-11-8-12-27-64-39-22-20-37(21-23-39)55-47(61)54(46(60)49(55,5)6)36-14-9-7-10-15-36/h7,9-10,14-23,32,38,40,43,56H,8,11-13,24-31H2,1-6H3,(H,50,58)(H,52,57)/t38-,40+,43?/m1/s1. The first-order valence-corrected chi connectivity index (χ1v) is 23.1. The summed E-state index contributed by atoms with van der Waals surface area (Å²) in [6.45, 7) is 12.8. The van der Waals surface area contributed by atoms with Gasteiger partial charge in [0.2, 0.25) is 17.7 Å². The fourth-order valence-corrected chi connectivity index (χ4v) is 8.72. The third kappa shape index (κ3) is 12.4. The van der Waals surface area contributed by atoms with E-state index in [1.807, 2.05) is 63.5 Å². The molecule has 0 bridgehead atoms. The largest absolute Gasteiger partial charge is 0.494 e. The fraction of sp³-hybridized carbons (Fsp3) is 0.469. The molecule has 6 amide bonds. The zero-order chi connectivity index (χ0) is 46.7. The van der Waals surface area contributed by atoms with E-state index in [2.05, 4.69) is 15.6 Å². The quantitative estimate of drug-likeness (QED) is 0.0606. The highest BCUT2D eigenvalue weighted by Crippen LogP contribution is 2.37. The maximum absolute atomic E-state index is 13.9. The second-order valence-corrected chi connectivity index (χ2v) is 18.9. The molecule has 3 N–H and O–H groups in total. The Labute approximate surface area is 385 Å². The zero-order valence-corrected chi connectivity index (χ0v) is 39.0. The van der Waals surface area contributed by atoms with E-state index in [9.17, 15) is 29.1 Å². The van der Waals surface area contributed by atoms with Crippen molar-refractivity contribution < 1.29 is 43.3 Å². The van der Waals surface area contributed by atoms with E-state index in [0.29, 0.717) is 50.0 Å². The molecule has 3 aromatic carbocycles. The van der Waals surface area contributed by atoms with E-state index in [4.69, 9.17) is 14.2 Å². The van der Waals surface area contributed by atoms with E-state index >= 15 is 0 Å². The van der Waals surface area contributed by atoms with Crippen molar-refractivity contribution in [1.82, 2.24) is 20.5 Å². The van der Waals surface area contributed by atoms with E-state index in [-0.39, 0.29) is 37.9 Å². The first-order chi connectivity index (χ1) is 31.1. The van der Waals surface area contributed by atoms with E-state index in [1.54, 1.807) is 73.7 Å². The number of imide groups is 1. The van der Waals surface area contributed by atoms with Gasteiger partial charge in [0.15, 0.2) is 0 Å². The summed E-state index contributed by atoms with van der Waals surface area (Å²) >= 11 is 1.57. The molecule has 0 spiro atoms. The van der Waals surface area contributed by atoms with E-state index in [0.717, 1.165) is 41.0 Å². The summed E-state index contributed by atoms with van der Waals surface area (Å²) in [5.41, 5.74) is 4.14. The first kappa shape index (κ1) is 48.8. The van der Waals surface area contributed by atoms with Gasteiger partial charge in [-0.1, -0.05) is 63.2 Å². The number of ether oxygens (including phenoxy) is 3. The number of unbranched alkanes of at least 4 members (excludes halogenated alkanes) is 2. The van der Waals surface area contributed by atoms with Crippen molar-refractivity contribution in [2.24, 2.45) is 5.41 Å². The molecular formula is C49H62N6O9S. The molecule has 3 heterocycles. The van der Waals surface area contributed by atoms with Crippen LogP contribution in [0.1, 0.15) is 78.0 Å². The lowest BCUT2D eigenvalue weighted by atomic mass is 9.85. The average Bonchev–Trinajstić information content (AvgIpc) is 3.94. The van der Waals surface area contributed by atoms with Gasteiger partial charge >= 0.3 is 6.03 Å². The predicted molar refractivity (Wildman–Crippen MR) is 250 cm³/mol. The number of aliphatic hydroxyl groups excluding tert-OH is 1. The molecule has 0 saturated carbocycles. The first-order valence-electron chi connectivity index (χ1n) is 22.2. The summed E-state index contributed by atoms with van der Waals surface area (Å²) < 4.78 is 17.3. The van der Waals surface area contributed by atoms with Gasteiger partial charge in [-0.25, -0.2) is 14.7 Å². The van der Waals surface area contributed by atoms with Crippen LogP contribution >= 0.6 is 11.3 Å². The van der Waals surface area contributed by atoms with Gasteiger partial charge in [0, 0.05) is 45.0 Å². The molecule has 1 unspecified atom stereocenters. The molecule has 65 heavy (non-hydrogen) atoms. The summed E-state index contributed by atoms with van der Waals surface area (Å²) in [5, 5.41) is 16.3. The predicted octanol–water partition coefficient (Wildman–Crippen LogP) is 6.65. The van der Waals surface area contributed by atoms with Gasteiger partial charge in [-0.15, -0.1) is 11.3 Å². The van der Waals surface area contributed by atoms with Crippen molar-refractivity contribution >= 4 is 52.4 Å². The van der Waals surface area contributed by atoms with Gasteiger partial charge in [-0.05, 0) is 99.4 Å². The second-order valence-electron chi connectivity index (χ2n) is 18.0. The SMILES string of the molecule is Cc1ncsc1-c1ccc(CNC(=O)[C@@H]2C[C@@H](O)CN2C(=O)C(NC(=O)COCCCOCCCCCOc2ccc(N3C(=O)N(c4ccccc4)C(=O)C3(C)C)cc2)C(C)(C)C)cc1. The van der Waals surface area contributed by atoms with Gasteiger partial charge in [-0.2, -0.15) is 0 Å². The van der Waals surface area contributed by atoms with E-state index < -0.39 is 47.0 Å². The number of hydrogen-bond donors (Lipinski definition) is 3. The van der Waals surface area contributed by atoms with Gasteiger partial charge in [0.05, 0.1) is 34.5 Å². The topological polar surface area (TPSA) is 180 Å². The Morgan fingerprint density at radius 3 is 2.23 bits per heavy atom. The summed E-state index contributed by atoms with van der Waals surface area (Å²) in [6, 6.07) is 21.8. The number of nitrogens with one attached hydrogen (secondary N) is 2. The molecule has 6 rings (SSSR count). The van der Waals surface area contributed by atoms with Crippen molar-refractivity contribution in [3.05, 3.63) is 95.6 Å². The number of aromatic nitrogens is 1. The van der Waals surface area contributed by atoms with Crippen LogP contribution in [0, 0.1) is 12.3 Å². The molecule has 15 nitrogen and oxygen atoms in total. The van der Waals surface area contributed by atoms with Crippen molar-refractivity contribution in [2.45, 2.75) is 104 Å². The van der Waals surface area contributed by atoms with Crippen LogP contribution < -0.4 is 25.2 Å². The number of benzene rings is 3. The number of likely N-dealkylation sites (tertiary alicyclic amines) is 1. The summed E-state index contributed by atoms with van der Waals surface area (Å²) in [4.78, 5) is 76.4. The third-order valence-electron chi connectivity index (χ3n) is 11.5. The minimum Gasteiger partial charge on any atom is -0.494 e. The smallest absolute Gasteiger partial charge is 0.336 e. The number of anilines is 2. The molecule has 348 valence electrons. The molecule has 16 heteroatoms. The lowest BCUT2D eigenvalue weighted by Crippen LogP contribution is -2.58. The van der Waals surface area contributed by atoms with Crippen LogP contribution in [-0.2, 0) is 35.2 Å². The van der Waals surface area contributed by atoms with E-state index in [1.165, 1.54) is 14.7 Å². The number of hydrogen-bond acceptors (Lipinski definition) is 11. The molecule has 0 radical (unpaired) electrons. The maximum atomic E-state index is 13.9. The monoisotopic (exact) mass is 910 g/mol. The van der Waals surface area contributed by atoms with Crippen LogP contribution in [0.5, 0.6) is 5.75 Å². The molecule has 2 aliphatic heterocycles. The highest BCUT2D eigenvalue weighted by molar-refractivity contribution is 7.13. The number of nitrogens with zero attached hydrogens (tertiary/aromatic N) is 4. The molecule has 4 aromatic rings. The highest BCUT2D eigenvalue weighted by Gasteiger charge is 2.52. The van der Waals surface area contributed by atoms with Gasteiger partial charge in [-0.3, -0.25) is 24.1 Å². The fourth-order valence-electron chi connectivity index (χ4n) is 7.91. The van der Waals surface area contributed by atoms with Gasteiger partial charge < -0.3 is 34.9 Å². The van der Waals surface area contributed by atoms with Crippen LogP contribution in [0.3, 0.4) is 0 Å². The van der Waals surface area contributed by atoms with Crippen molar-refractivity contribution in [1.29, 1.82) is 0 Å². The number of rotatable bonds is 21. The molecular weight excluding hydrogens is 849 g/mol. The number of amides is 6. The number of urea groups is 1. The van der Waals surface area contributed by atoms with Crippen LogP contribution in [0.25, 0.3) is 10.4 Å². The Bertz CT molecular complexity index is 2240. The minimum atomic E-state index is -1.05. The molecule has 0 aliphatic carbocycles. The number of aliphatic hydroxyl groups is 1. The number of β-amino-alcohol motifs (C(OH)–C–C–N with tert-alkyl or cyclic N) is 1. The third-order valence-corrected chi connectivity index (χ3v) is 12.5. The zero-order valence-electron chi connectivity index (χ0n) is 38.2. The van der Waals surface area contributed by atoms with Crippen molar-refractivity contribution in [3.63, 3.8) is 0 Å². The number of aryl methyl sites for hydroxylation is 1. The lowest BCUT2D eigenvalue weighted by molar-refractivity contribution is -0.144. The lowest BCUT2D eigenvalue weighted by Gasteiger charge is -2.35. The summed E-state index contributed by atoms with van der Waals surface area (Å²) in [7, 11) is 0. The normalized spacial score (nSPS) is 17.7. The molecule has 1 aromatic heterocycles. The average molecular weight is 911 g/mol. The van der Waals surface area contributed by atoms with Crippen LogP contribution in [0.15, 0.2) is 84.4 Å². The highest BCUT2D eigenvalue weighted by atomic mass is 32.1. The molecule has 2 aliphatic rings. The number of carbonyl (C=O) groups is 5. The van der Waals surface area contributed by atoms with Crippen LogP contribution in [0.2, 0.25) is 0 Å². The number of thiazole rings is 1. The van der Waals surface area contributed by atoms with Crippen LogP contribution in [-0.4, -0.2) is 108 Å². The Balaban J connectivity index is 0.835. The Morgan fingerprint density at radius 1 is 0.877 bits per heavy atom. The Kier molecular flexibility index (Phi) is 16.5. The van der Waals surface area contributed by atoms with Crippen molar-refractivity contribution in [2.75, 3.05) is 49.4 Å². The maximum Gasteiger partial charge on any atom is 0.336 e. The number of para-hydroxylation sites is 1. The minimum absolute atomic E-state index is 0.00908. The van der Waals surface area contributed by atoms with Crippen molar-refractivity contribution in [3.8, 4) is 16.2 Å².